The van der Waals surface area contributed by atoms with Crippen LogP contribution in [0.2, 0.25) is 10.0 Å². The Labute approximate surface area is 155 Å². The summed E-state index contributed by atoms with van der Waals surface area (Å²) in [5.74, 6) is 0.165. The smallest absolute Gasteiger partial charge is 0.248 e. The molecule has 0 aliphatic heterocycles. The van der Waals surface area contributed by atoms with Crippen LogP contribution in [0, 0.1) is 0 Å². The van der Waals surface area contributed by atoms with Gasteiger partial charge in [-0.25, -0.2) is 0 Å². The number of pyridine rings is 1. The third-order valence-electron chi connectivity index (χ3n) is 3.55. The topological polar surface area (TPSA) is 51.2 Å². The molecule has 1 N–H and O–H groups in total. The number of methoxy groups -OCH3 is 1. The molecule has 0 bridgehead atoms. The van der Waals surface area contributed by atoms with Crippen LogP contribution in [0.3, 0.4) is 0 Å². The second-order valence-electron chi connectivity index (χ2n) is 5.21. The summed E-state index contributed by atoms with van der Waals surface area (Å²) in [5.41, 5.74) is 1.99. The van der Waals surface area contributed by atoms with Crippen molar-refractivity contribution in [1.29, 1.82) is 0 Å². The number of amides is 1. The van der Waals surface area contributed by atoms with E-state index < -0.39 is 0 Å². The van der Waals surface area contributed by atoms with E-state index in [1.165, 1.54) is 13.2 Å². The fraction of sp³-hybridized carbons (Fsp3) is 0.0526. The van der Waals surface area contributed by atoms with Crippen LogP contribution in [-0.2, 0) is 4.79 Å². The lowest BCUT2D eigenvalue weighted by Crippen LogP contribution is -2.08. The number of fused-ring (bicyclic) bond motifs is 1. The number of carbonyl (C=O) groups is 1. The van der Waals surface area contributed by atoms with Gasteiger partial charge in [-0.1, -0.05) is 41.4 Å². The number of aromatic nitrogens is 1. The summed E-state index contributed by atoms with van der Waals surface area (Å²) in [4.78, 5) is 16.6. The van der Waals surface area contributed by atoms with Gasteiger partial charge in [0.2, 0.25) is 5.91 Å². The van der Waals surface area contributed by atoms with Crippen molar-refractivity contribution in [3.63, 3.8) is 0 Å². The van der Waals surface area contributed by atoms with Crippen LogP contribution in [0.4, 0.5) is 5.69 Å². The first-order valence-electron chi connectivity index (χ1n) is 7.44. The third kappa shape index (κ3) is 3.92. The van der Waals surface area contributed by atoms with Crippen LogP contribution < -0.4 is 10.1 Å². The van der Waals surface area contributed by atoms with Crippen LogP contribution >= 0.6 is 23.2 Å². The second-order valence-corrected chi connectivity index (χ2v) is 6.06. The van der Waals surface area contributed by atoms with Crippen LogP contribution in [0.1, 0.15) is 5.56 Å². The van der Waals surface area contributed by atoms with Crippen molar-refractivity contribution >= 4 is 51.8 Å². The zero-order valence-electron chi connectivity index (χ0n) is 13.3. The predicted octanol–water partition coefficient (Wildman–Crippen LogP) is 5.20. The van der Waals surface area contributed by atoms with Crippen molar-refractivity contribution in [3.05, 3.63) is 70.3 Å². The highest BCUT2D eigenvalue weighted by Gasteiger charge is 2.09. The third-order valence-corrected chi connectivity index (χ3v) is 4.05. The Bertz CT molecular complexity index is 966. The molecule has 0 atom stereocenters. The molecule has 3 rings (SSSR count). The fourth-order valence-electron chi connectivity index (χ4n) is 2.46. The Hall–Kier alpha value is -2.56. The van der Waals surface area contributed by atoms with Gasteiger partial charge in [0.25, 0.3) is 0 Å². The summed E-state index contributed by atoms with van der Waals surface area (Å²) < 4.78 is 5.26. The maximum absolute atomic E-state index is 12.3. The van der Waals surface area contributed by atoms with Crippen molar-refractivity contribution in [3.8, 4) is 5.75 Å². The Balaban J connectivity index is 1.84. The number of rotatable bonds is 4. The number of hydrogen-bond donors (Lipinski definition) is 1. The minimum absolute atomic E-state index is 0.295. The Kier molecular flexibility index (Phi) is 5.22. The molecule has 4 nitrogen and oxygen atoms in total. The van der Waals surface area contributed by atoms with Crippen molar-refractivity contribution in [2.45, 2.75) is 0 Å². The molecule has 0 saturated heterocycles. The normalized spacial score (nSPS) is 11.0. The molecule has 0 aliphatic carbocycles. The fourth-order valence-corrected chi connectivity index (χ4v) is 3.05. The molecule has 0 saturated carbocycles. The van der Waals surface area contributed by atoms with E-state index in [0.29, 0.717) is 27.0 Å². The number of benzene rings is 2. The number of nitrogens with one attached hydrogen (secondary N) is 1. The predicted molar refractivity (Wildman–Crippen MR) is 102 cm³/mol. The van der Waals surface area contributed by atoms with Crippen LogP contribution in [0.15, 0.2) is 54.7 Å². The van der Waals surface area contributed by atoms with E-state index in [1.54, 1.807) is 30.5 Å². The zero-order chi connectivity index (χ0) is 17.8. The maximum atomic E-state index is 12.3. The molecular weight excluding hydrogens is 359 g/mol. The second kappa shape index (κ2) is 7.55. The largest absolute Gasteiger partial charge is 0.495 e. The molecule has 3 aromatic rings. The number of carbonyl (C=O) groups excluding carboxylic acids is 1. The zero-order valence-corrected chi connectivity index (χ0v) is 14.8. The van der Waals surface area contributed by atoms with E-state index in [1.807, 2.05) is 24.3 Å². The van der Waals surface area contributed by atoms with E-state index in [0.717, 1.165) is 10.9 Å². The maximum Gasteiger partial charge on any atom is 0.248 e. The molecule has 1 heterocycles. The van der Waals surface area contributed by atoms with E-state index in [9.17, 15) is 4.79 Å². The molecule has 0 radical (unpaired) electrons. The average molecular weight is 373 g/mol. The van der Waals surface area contributed by atoms with Crippen molar-refractivity contribution < 1.29 is 9.53 Å². The highest BCUT2D eigenvalue weighted by molar-refractivity contribution is 6.36. The molecule has 0 spiro atoms. The van der Waals surface area contributed by atoms with Gasteiger partial charge in [0.05, 0.1) is 23.3 Å². The summed E-state index contributed by atoms with van der Waals surface area (Å²) in [6.45, 7) is 0. The monoisotopic (exact) mass is 372 g/mol. The molecular formula is C19H14Cl2N2O2. The van der Waals surface area contributed by atoms with Crippen LogP contribution in [0.5, 0.6) is 5.75 Å². The Morgan fingerprint density at radius 3 is 2.80 bits per heavy atom. The van der Waals surface area contributed by atoms with Gasteiger partial charge in [-0.15, -0.1) is 0 Å². The SMILES string of the molecule is COc1c(Cl)cc(Cl)cc1C=CC(=O)Nc1cccc2cccnc12. The first-order chi connectivity index (χ1) is 12.1. The molecule has 0 unspecified atom stereocenters. The lowest BCUT2D eigenvalue weighted by atomic mass is 10.1. The molecule has 1 amide bonds. The van der Waals surface area contributed by atoms with E-state index in [2.05, 4.69) is 10.3 Å². The molecule has 2 aromatic carbocycles. The van der Waals surface area contributed by atoms with Crippen molar-refractivity contribution in [2.75, 3.05) is 12.4 Å². The van der Waals surface area contributed by atoms with Crippen LogP contribution in [0.25, 0.3) is 17.0 Å². The van der Waals surface area contributed by atoms with Gasteiger partial charge in [-0.2, -0.15) is 0 Å². The van der Waals surface area contributed by atoms with Gasteiger partial charge in [-0.3, -0.25) is 9.78 Å². The van der Waals surface area contributed by atoms with Gasteiger partial charge >= 0.3 is 0 Å². The number of halogens is 2. The first kappa shape index (κ1) is 17.3. The molecule has 0 fully saturated rings. The Morgan fingerprint density at radius 1 is 1.20 bits per heavy atom. The molecule has 25 heavy (non-hydrogen) atoms. The highest BCUT2D eigenvalue weighted by Crippen LogP contribution is 2.33. The standard InChI is InChI=1S/C19H14Cl2N2O2/c1-25-19-13(10-14(20)11-15(19)21)7-8-17(24)23-16-6-2-4-12-5-3-9-22-18(12)16/h2-11H,1H3,(H,23,24). The van der Waals surface area contributed by atoms with Gasteiger partial charge in [0, 0.05) is 28.2 Å². The summed E-state index contributed by atoms with van der Waals surface area (Å²) in [6, 6.07) is 12.7. The Morgan fingerprint density at radius 2 is 2.00 bits per heavy atom. The minimum atomic E-state index is -0.295. The first-order valence-corrected chi connectivity index (χ1v) is 8.20. The van der Waals surface area contributed by atoms with Gasteiger partial charge < -0.3 is 10.1 Å². The van der Waals surface area contributed by atoms with Crippen molar-refractivity contribution in [2.24, 2.45) is 0 Å². The quantitative estimate of drug-likeness (QED) is 0.640. The summed E-state index contributed by atoms with van der Waals surface area (Å²) in [7, 11) is 1.51. The van der Waals surface area contributed by atoms with Crippen LogP contribution in [-0.4, -0.2) is 18.0 Å². The van der Waals surface area contributed by atoms with Crippen molar-refractivity contribution in [1.82, 2.24) is 4.98 Å². The number of ether oxygens (including phenoxy) is 1. The van der Waals surface area contributed by atoms with Gasteiger partial charge in [0.15, 0.2) is 0 Å². The van der Waals surface area contributed by atoms with Gasteiger partial charge in [-0.05, 0) is 30.3 Å². The number of para-hydroxylation sites is 1. The molecule has 126 valence electrons. The lowest BCUT2D eigenvalue weighted by molar-refractivity contribution is -0.111. The highest BCUT2D eigenvalue weighted by atomic mass is 35.5. The molecule has 6 heteroatoms. The number of nitrogens with zero attached hydrogens (tertiary/aromatic N) is 1. The number of hydrogen-bond acceptors (Lipinski definition) is 3. The lowest BCUT2D eigenvalue weighted by Gasteiger charge is -2.08. The van der Waals surface area contributed by atoms with Gasteiger partial charge in [0.1, 0.15) is 5.75 Å². The summed E-state index contributed by atoms with van der Waals surface area (Å²) in [6.07, 6.45) is 4.68. The molecule has 0 aliphatic rings. The van der Waals surface area contributed by atoms with E-state index in [4.69, 9.17) is 27.9 Å². The summed E-state index contributed by atoms with van der Waals surface area (Å²) >= 11 is 12.1. The minimum Gasteiger partial charge on any atom is -0.495 e. The number of anilines is 1. The summed E-state index contributed by atoms with van der Waals surface area (Å²) in [5, 5.41) is 4.62. The average Bonchev–Trinajstić information content (AvgIpc) is 2.60. The molecule has 1 aromatic heterocycles. The van der Waals surface area contributed by atoms with E-state index >= 15 is 0 Å². The van der Waals surface area contributed by atoms with E-state index in [-0.39, 0.29) is 5.91 Å².